The maximum absolute atomic E-state index is 8.83. The van der Waals surface area contributed by atoms with E-state index in [1.165, 1.54) is 11.8 Å². The lowest BCUT2D eigenvalue weighted by Crippen LogP contribution is -2.07. The summed E-state index contributed by atoms with van der Waals surface area (Å²) in [5.41, 5.74) is 6.24. The molecule has 1 rings (SSSR count). The minimum Gasteiger partial charge on any atom is -0.383 e. The molecule has 0 saturated heterocycles. The minimum absolute atomic E-state index is 0.188. The summed E-state index contributed by atoms with van der Waals surface area (Å²) in [6.07, 6.45) is 1.88. The first-order chi connectivity index (χ1) is 6.11. The third-order valence-corrected chi connectivity index (χ3v) is 2.38. The molecule has 5 heteroatoms. The molecule has 1 aromatic rings. The fraction of sp³-hybridized carbons (Fsp3) is 0.500. The van der Waals surface area contributed by atoms with E-state index in [2.05, 4.69) is 11.2 Å². The van der Waals surface area contributed by atoms with Gasteiger partial charge in [0.05, 0.1) is 0 Å². The van der Waals surface area contributed by atoms with Crippen molar-refractivity contribution in [3.63, 3.8) is 0 Å². The Balaban J connectivity index is 3.28. The number of hydrogen-bond donors (Lipinski definition) is 1. The van der Waals surface area contributed by atoms with Crippen LogP contribution in [0.5, 0.6) is 0 Å². The molecule has 0 bridgehead atoms. The molecule has 0 aliphatic carbocycles. The number of nitriles is 1. The highest BCUT2D eigenvalue weighted by Gasteiger charge is 2.15. The van der Waals surface area contributed by atoms with Gasteiger partial charge in [0.2, 0.25) is 0 Å². The Morgan fingerprint density at radius 1 is 1.62 bits per heavy atom. The van der Waals surface area contributed by atoms with Gasteiger partial charge in [0.1, 0.15) is 22.5 Å². The maximum Gasteiger partial charge on any atom is 0.141 e. The van der Waals surface area contributed by atoms with Gasteiger partial charge in [0.25, 0.3) is 0 Å². The fourth-order valence-electron chi connectivity index (χ4n) is 1.07. The van der Waals surface area contributed by atoms with Crippen LogP contribution in [0.15, 0.2) is 5.03 Å². The summed E-state index contributed by atoms with van der Waals surface area (Å²) in [7, 11) is 0. The first-order valence-electron chi connectivity index (χ1n) is 3.93. The molecule has 0 radical (unpaired) electrons. The molecular weight excluding hydrogens is 184 g/mol. The zero-order valence-electron chi connectivity index (χ0n) is 7.90. The third-order valence-electron chi connectivity index (χ3n) is 1.71. The lowest BCUT2D eigenvalue weighted by atomic mass is 10.3. The summed E-state index contributed by atoms with van der Waals surface area (Å²) in [4.78, 5) is 0. The number of nitrogens with two attached hydrogens (primary N) is 1. The van der Waals surface area contributed by atoms with Crippen LogP contribution in [0.3, 0.4) is 0 Å². The number of aromatic nitrogens is 2. The SMILES string of the molecule is CSc1nn(C(C)C)c(N)c1C#N. The van der Waals surface area contributed by atoms with Crippen molar-refractivity contribution >= 4 is 17.6 Å². The Morgan fingerprint density at radius 2 is 2.23 bits per heavy atom. The van der Waals surface area contributed by atoms with Gasteiger partial charge in [0.15, 0.2) is 0 Å². The number of rotatable bonds is 2. The van der Waals surface area contributed by atoms with E-state index in [1.807, 2.05) is 20.1 Å². The molecule has 13 heavy (non-hydrogen) atoms. The molecule has 4 nitrogen and oxygen atoms in total. The van der Waals surface area contributed by atoms with E-state index in [-0.39, 0.29) is 6.04 Å². The van der Waals surface area contributed by atoms with Crippen LogP contribution in [-0.4, -0.2) is 16.0 Å². The van der Waals surface area contributed by atoms with Crippen LogP contribution in [0, 0.1) is 11.3 Å². The number of nitrogens with zero attached hydrogens (tertiary/aromatic N) is 3. The first kappa shape index (κ1) is 9.93. The lowest BCUT2D eigenvalue weighted by molar-refractivity contribution is 0.530. The molecule has 0 aromatic carbocycles. The van der Waals surface area contributed by atoms with E-state index in [0.717, 1.165) is 0 Å². The third kappa shape index (κ3) is 1.63. The van der Waals surface area contributed by atoms with E-state index in [9.17, 15) is 0 Å². The molecular formula is C8H12N4S. The fourth-order valence-corrected chi connectivity index (χ4v) is 1.59. The largest absolute Gasteiger partial charge is 0.383 e. The molecule has 2 N–H and O–H groups in total. The molecule has 70 valence electrons. The van der Waals surface area contributed by atoms with Crippen LogP contribution in [-0.2, 0) is 0 Å². The molecule has 0 spiro atoms. The Bertz CT molecular complexity index is 348. The van der Waals surface area contributed by atoms with Gasteiger partial charge in [-0.3, -0.25) is 0 Å². The van der Waals surface area contributed by atoms with Gasteiger partial charge in [-0.1, -0.05) is 0 Å². The van der Waals surface area contributed by atoms with E-state index in [1.54, 1.807) is 4.68 Å². The molecule has 0 fully saturated rings. The maximum atomic E-state index is 8.83. The van der Waals surface area contributed by atoms with Crippen molar-refractivity contribution in [2.24, 2.45) is 0 Å². The van der Waals surface area contributed by atoms with Gasteiger partial charge in [0, 0.05) is 6.04 Å². The Kier molecular flexibility index (Phi) is 2.83. The molecule has 0 saturated carbocycles. The summed E-state index contributed by atoms with van der Waals surface area (Å²) in [5, 5.41) is 13.8. The van der Waals surface area contributed by atoms with E-state index < -0.39 is 0 Å². The van der Waals surface area contributed by atoms with Crippen LogP contribution in [0.4, 0.5) is 5.82 Å². The van der Waals surface area contributed by atoms with Crippen molar-refractivity contribution in [2.45, 2.75) is 24.9 Å². The first-order valence-corrected chi connectivity index (χ1v) is 5.16. The average Bonchev–Trinajstić information content (AvgIpc) is 2.41. The summed E-state index contributed by atoms with van der Waals surface area (Å²) in [5.74, 6) is 0.460. The van der Waals surface area contributed by atoms with Gasteiger partial charge in [-0.05, 0) is 20.1 Å². The predicted molar refractivity (Wildman–Crippen MR) is 53.5 cm³/mol. The Hall–Kier alpha value is -1.15. The number of hydrogen-bond acceptors (Lipinski definition) is 4. The summed E-state index contributed by atoms with van der Waals surface area (Å²) in [6.45, 7) is 3.96. The predicted octanol–water partition coefficient (Wildman–Crippen LogP) is 1.64. The normalized spacial score (nSPS) is 10.4. The Labute approximate surface area is 81.7 Å². The summed E-state index contributed by atoms with van der Waals surface area (Å²) in [6, 6.07) is 2.25. The number of anilines is 1. The van der Waals surface area contributed by atoms with Gasteiger partial charge in [-0.15, -0.1) is 11.8 Å². The van der Waals surface area contributed by atoms with Gasteiger partial charge in [-0.2, -0.15) is 10.4 Å². The monoisotopic (exact) mass is 196 g/mol. The quantitative estimate of drug-likeness (QED) is 0.730. The zero-order valence-corrected chi connectivity index (χ0v) is 8.72. The Morgan fingerprint density at radius 3 is 2.54 bits per heavy atom. The van der Waals surface area contributed by atoms with Crippen molar-refractivity contribution < 1.29 is 0 Å². The van der Waals surface area contributed by atoms with Crippen molar-refractivity contribution in [1.29, 1.82) is 5.26 Å². The van der Waals surface area contributed by atoms with Crippen LogP contribution in [0.1, 0.15) is 25.5 Å². The molecule has 0 aliphatic rings. The second kappa shape index (κ2) is 3.71. The van der Waals surface area contributed by atoms with Crippen molar-refractivity contribution in [2.75, 3.05) is 12.0 Å². The van der Waals surface area contributed by atoms with E-state index in [4.69, 9.17) is 11.0 Å². The standard InChI is InChI=1S/C8H12N4S/c1-5(2)12-7(10)6(4-9)8(11-12)13-3/h5H,10H2,1-3H3. The topological polar surface area (TPSA) is 67.6 Å². The minimum atomic E-state index is 0.188. The summed E-state index contributed by atoms with van der Waals surface area (Å²) < 4.78 is 1.67. The molecule has 0 amide bonds. The molecule has 1 heterocycles. The van der Waals surface area contributed by atoms with Crippen molar-refractivity contribution in [3.05, 3.63) is 5.56 Å². The second-order valence-electron chi connectivity index (χ2n) is 2.92. The van der Waals surface area contributed by atoms with Crippen LogP contribution in [0.2, 0.25) is 0 Å². The lowest BCUT2D eigenvalue weighted by Gasteiger charge is -2.06. The highest BCUT2D eigenvalue weighted by molar-refractivity contribution is 7.98. The van der Waals surface area contributed by atoms with Gasteiger partial charge >= 0.3 is 0 Å². The average molecular weight is 196 g/mol. The van der Waals surface area contributed by atoms with Gasteiger partial charge < -0.3 is 5.73 Å². The van der Waals surface area contributed by atoms with Crippen molar-refractivity contribution in [1.82, 2.24) is 9.78 Å². The van der Waals surface area contributed by atoms with E-state index in [0.29, 0.717) is 16.4 Å². The van der Waals surface area contributed by atoms with Crippen LogP contribution >= 0.6 is 11.8 Å². The smallest absolute Gasteiger partial charge is 0.141 e. The second-order valence-corrected chi connectivity index (χ2v) is 3.71. The molecule has 1 aromatic heterocycles. The highest BCUT2D eigenvalue weighted by Crippen LogP contribution is 2.25. The van der Waals surface area contributed by atoms with Gasteiger partial charge in [-0.25, -0.2) is 4.68 Å². The highest BCUT2D eigenvalue weighted by atomic mass is 32.2. The number of thioether (sulfide) groups is 1. The van der Waals surface area contributed by atoms with Crippen LogP contribution < -0.4 is 5.73 Å². The number of nitrogen functional groups attached to an aromatic ring is 1. The van der Waals surface area contributed by atoms with E-state index >= 15 is 0 Å². The van der Waals surface area contributed by atoms with Crippen LogP contribution in [0.25, 0.3) is 0 Å². The molecule has 0 atom stereocenters. The van der Waals surface area contributed by atoms with Crippen molar-refractivity contribution in [3.8, 4) is 6.07 Å². The molecule has 0 unspecified atom stereocenters. The summed E-state index contributed by atoms with van der Waals surface area (Å²) >= 11 is 1.44. The zero-order chi connectivity index (χ0) is 10.0. The molecule has 0 aliphatic heterocycles.